The third-order valence-corrected chi connectivity index (χ3v) is 5.24. The van der Waals surface area contributed by atoms with Crippen LogP contribution in [-0.2, 0) is 10.0 Å². The lowest BCUT2D eigenvalue weighted by Crippen LogP contribution is -2.24. The minimum Gasteiger partial charge on any atom is -0.396 e. The van der Waals surface area contributed by atoms with Crippen LogP contribution in [0.2, 0.25) is 4.47 Å². The van der Waals surface area contributed by atoms with Crippen molar-refractivity contribution in [1.29, 1.82) is 0 Å². The van der Waals surface area contributed by atoms with Gasteiger partial charge in [-0.15, -0.1) is 0 Å². The van der Waals surface area contributed by atoms with E-state index in [0.29, 0.717) is 13.0 Å². The second kappa shape index (κ2) is 6.65. The highest BCUT2D eigenvalue weighted by Gasteiger charge is 2.16. The van der Waals surface area contributed by atoms with Gasteiger partial charge in [-0.05, 0) is 18.8 Å². The molecule has 0 aromatic carbocycles. The summed E-state index contributed by atoms with van der Waals surface area (Å²) in [5.74, 6) is 0.192. The molecule has 8 heteroatoms. The van der Waals surface area contributed by atoms with Gasteiger partial charge in [-0.1, -0.05) is 29.9 Å². The minimum atomic E-state index is -3.49. The van der Waals surface area contributed by atoms with Crippen LogP contribution < -0.4 is 4.72 Å². The van der Waals surface area contributed by atoms with Crippen LogP contribution in [0.15, 0.2) is 10.4 Å². The second-order valence-electron chi connectivity index (χ2n) is 3.76. The zero-order valence-corrected chi connectivity index (χ0v) is 11.8. The molecule has 1 rings (SSSR count). The molecule has 2 N–H and O–H groups in total. The van der Waals surface area contributed by atoms with Crippen LogP contribution in [0.3, 0.4) is 0 Å². The van der Waals surface area contributed by atoms with Gasteiger partial charge in [0.05, 0.1) is 6.20 Å². The molecule has 0 amide bonds. The monoisotopic (exact) mass is 298 g/mol. The molecule has 0 saturated heterocycles. The van der Waals surface area contributed by atoms with Crippen molar-refractivity contribution < 1.29 is 13.5 Å². The fourth-order valence-electron chi connectivity index (χ4n) is 1.18. The summed E-state index contributed by atoms with van der Waals surface area (Å²) in [5, 5.41) is 8.81. The Balaban J connectivity index is 2.41. The topological polar surface area (TPSA) is 79.3 Å². The molecule has 0 aliphatic heterocycles. The molecule has 0 saturated carbocycles. The normalized spacial score (nSPS) is 13.8. The third-order valence-electron chi connectivity index (χ3n) is 2.20. The van der Waals surface area contributed by atoms with Crippen molar-refractivity contribution in [3.05, 3.63) is 10.7 Å². The summed E-state index contributed by atoms with van der Waals surface area (Å²) in [6, 6.07) is 0. The van der Waals surface area contributed by atoms with Gasteiger partial charge >= 0.3 is 0 Å². The minimum absolute atomic E-state index is 0.122. The number of hydrogen-bond donors (Lipinski definition) is 2. The van der Waals surface area contributed by atoms with Crippen LogP contribution >= 0.6 is 22.9 Å². The number of aliphatic hydroxyl groups excluding tert-OH is 1. The molecule has 0 spiro atoms. The van der Waals surface area contributed by atoms with Crippen LogP contribution in [0, 0.1) is 5.92 Å². The Kier molecular flexibility index (Phi) is 5.81. The number of halogens is 1. The molecule has 1 aromatic heterocycles. The maximum Gasteiger partial charge on any atom is 0.251 e. The van der Waals surface area contributed by atoms with Gasteiger partial charge in [-0.25, -0.2) is 18.1 Å². The molecule has 1 aromatic rings. The van der Waals surface area contributed by atoms with Crippen LogP contribution in [0.25, 0.3) is 0 Å². The number of aromatic nitrogens is 1. The lowest BCUT2D eigenvalue weighted by Gasteiger charge is -2.07. The molecule has 0 aliphatic rings. The standard InChI is InChI=1S/C9H15ClN2O3S2/c1-7(6-13)3-2-4-12-17(14,15)8-5-11-9(10)16-8/h5,7,12-13H,2-4,6H2,1H3. The van der Waals surface area contributed by atoms with Gasteiger partial charge in [-0.2, -0.15) is 0 Å². The molecule has 5 nitrogen and oxygen atoms in total. The van der Waals surface area contributed by atoms with Crippen molar-refractivity contribution in [3.8, 4) is 0 Å². The van der Waals surface area contributed by atoms with Crippen molar-refractivity contribution in [2.24, 2.45) is 5.92 Å². The maximum absolute atomic E-state index is 11.7. The first-order valence-electron chi connectivity index (χ1n) is 5.17. The number of thiazole rings is 1. The molecule has 0 fully saturated rings. The first kappa shape index (κ1) is 14.8. The fraction of sp³-hybridized carbons (Fsp3) is 0.667. The van der Waals surface area contributed by atoms with Gasteiger partial charge < -0.3 is 5.11 Å². The average Bonchev–Trinajstić information content (AvgIpc) is 2.71. The second-order valence-corrected chi connectivity index (χ2v) is 7.37. The van der Waals surface area contributed by atoms with E-state index < -0.39 is 10.0 Å². The number of rotatable bonds is 7. The van der Waals surface area contributed by atoms with Crippen molar-refractivity contribution in [1.82, 2.24) is 9.71 Å². The summed E-state index contributed by atoms with van der Waals surface area (Å²) in [6.45, 7) is 2.39. The molecule has 17 heavy (non-hydrogen) atoms. The number of nitrogens with zero attached hydrogens (tertiary/aromatic N) is 1. The maximum atomic E-state index is 11.7. The van der Waals surface area contributed by atoms with Crippen LogP contribution in [0.4, 0.5) is 0 Å². The van der Waals surface area contributed by atoms with E-state index in [2.05, 4.69) is 9.71 Å². The summed E-state index contributed by atoms with van der Waals surface area (Å²) in [5.41, 5.74) is 0. The predicted octanol–water partition coefficient (Wildman–Crippen LogP) is 1.48. The Morgan fingerprint density at radius 1 is 1.65 bits per heavy atom. The predicted molar refractivity (Wildman–Crippen MR) is 67.8 cm³/mol. The van der Waals surface area contributed by atoms with Crippen LogP contribution in [0.5, 0.6) is 0 Å². The zero-order valence-electron chi connectivity index (χ0n) is 9.39. The lowest BCUT2D eigenvalue weighted by molar-refractivity contribution is 0.228. The Labute approximate surface area is 110 Å². The Hall–Kier alpha value is -0.210. The van der Waals surface area contributed by atoms with Crippen molar-refractivity contribution in [2.75, 3.05) is 13.2 Å². The van der Waals surface area contributed by atoms with E-state index in [1.807, 2.05) is 6.92 Å². The highest BCUT2D eigenvalue weighted by Crippen LogP contribution is 2.22. The van der Waals surface area contributed by atoms with Gasteiger partial charge in [-0.3, -0.25) is 0 Å². The van der Waals surface area contributed by atoms with E-state index in [1.165, 1.54) is 6.20 Å². The highest BCUT2D eigenvalue weighted by molar-refractivity contribution is 7.91. The number of aliphatic hydroxyl groups is 1. The smallest absolute Gasteiger partial charge is 0.251 e. The molecule has 1 unspecified atom stereocenters. The summed E-state index contributed by atoms with van der Waals surface area (Å²) < 4.78 is 26.2. The average molecular weight is 299 g/mol. The SMILES string of the molecule is CC(CO)CCCNS(=O)(=O)c1cnc(Cl)s1. The summed E-state index contributed by atoms with van der Waals surface area (Å²) in [4.78, 5) is 3.68. The van der Waals surface area contributed by atoms with Crippen LogP contribution in [0.1, 0.15) is 19.8 Å². The summed E-state index contributed by atoms with van der Waals surface area (Å²) in [7, 11) is -3.49. The van der Waals surface area contributed by atoms with E-state index >= 15 is 0 Å². The molecule has 0 radical (unpaired) electrons. The van der Waals surface area contributed by atoms with Gasteiger partial charge in [0.1, 0.15) is 0 Å². The van der Waals surface area contributed by atoms with E-state index in [0.717, 1.165) is 17.8 Å². The molecular formula is C9H15ClN2O3S2. The van der Waals surface area contributed by atoms with E-state index in [-0.39, 0.29) is 21.2 Å². The van der Waals surface area contributed by atoms with E-state index in [9.17, 15) is 8.42 Å². The highest BCUT2D eigenvalue weighted by atomic mass is 35.5. The first-order chi connectivity index (χ1) is 7.95. The lowest BCUT2D eigenvalue weighted by atomic mass is 10.1. The number of nitrogens with one attached hydrogen (secondary N) is 1. The number of sulfonamides is 1. The molecule has 1 heterocycles. The Bertz CT molecular complexity index is 447. The van der Waals surface area contributed by atoms with E-state index in [1.54, 1.807) is 0 Å². The first-order valence-corrected chi connectivity index (χ1v) is 7.85. The van der Waals surface area contributed by atoms with Gasteiger partial charge in [0.2, 0.25) is 0 Å². The van der Waals surface area contributed by atoms with Crippen molar-refractivity contribution in [3.63, 3.8) is 0 Å². The Morgan fingerprint density at radius 3 is 2.88 bits per heavy atom. The molecular weight excluding hydrogens is 284 g/mol. The third kappa shape index (κ3) is 4.89. The van der Waals surface area contributed by atoms with Gasteiger partial charge in [0, 0.05) is 13.2 Å². The fourth-order valence-corrected chi connectivity index (χ4v) is 3.59. The zero-order chi connectivity index (χ0) is 12.9. The van der Waals surface area contributed by atoms with Gasteiger partial charge in [0.15, 0.2) is 8.68 Å². The molecule has 1 atom stereocenters. The van der Waals surface area contributed by atoms with Crippen molar-refractivity contribution in [2.45, 2.75) is 24.0 Å². The van der Waals surface area contributed by atoms with Gasteiger partial charge in [0.25, 0.3) is 10.0 Å². The van der Waals surface area contributed by atoms with Crippen LogP contribution in [-0.4, -0.2) is 31.7 Å². The van der Waals surface area contributed by atoms with Crippen molar-refractivity contribution >= 4 is 33.0 Å². The molecule has 0 aliphatic carbocycles. The number of hydrogen-bond acceptors (Lipinski definition) is 5. The van der Waals surface area contributed by atoms with E-state index in [4.69, 9.17) is 16.7 Å². The summed E-state index contributed by atoms with van der Waals surface area (Å²) >= 11 is 6.50. The molecule has 98 valence electrons. The Morgan fingerprint density at radius 2 is 2.35 bits per heavy atom. The molecule has 0 bridgehead atoms. The quantitative estimate of drug-likeness (QED) is 0.747. The largest absolute Gasteiger partial charge is 0.396 e. The summed E-state index contributed by atoms with van der Waals surface area (Å²) in [6.07, 6.45) is 2.71.